The van der Waals surface area contributed by atoms with Crippen LogP contribution in [0.4, 0.5) is 0 Å². The molecule has 2 aromatic carbocycles. The van der Waals surface area contributed by atoms with E-state index in [-0.39, 0.29) is 12.5 Å². The predicted molar refractivity (Wildman–Crippen MR) is 134 cm³/mol. The van der Waals surface area contributed by atoms with Gasteiger partial charge >= 0.3 is 11.9 Å². The monoisotopic (exact) mass is 501 g/mol. The second-order valence-electron chi connectivity index (χ2n) is 8.49. The Labute approximate surface area is 211 Å². The molecule has 2 aromatic rings. The summed E-state index contributed by atoms with van der Waals surface area (Å²) in [6.45, 7) is 6.45. The number of carboxylic acid groups (broad SMARTS) is 2. The Morgan fingerprint density at radius 1 is 1.00 bits per heavy atom. The lowest BCUT2D eigenvalue weighted by atomic mass is 10.1. The summed E-state index contributed by atoms with van der Waals surface area (Å²) < 4.78 is 11.4. The highest BCUT2D eigenvalue weighted by atomic mass is 16.5. The average molecular weight is 502 g/mol. The smallest absolute Gasteiger partial charge is 0.414 e. The first-order valence-corrected chi connectivity index (χ1v) is 11.7. The first kappa shape index (κ1) is 28.6. The molecule has 1 amide bonds. The van der Waals surface area contributed by atoms with Crippen LogP contribution in [-0.2, 0) is 27.5 Å². The number of rotatable bonds is 10. The van der Waals surface area contributed by atoms with E-state index in [1.807, 2.05) is 25.1 Å². The number of aliphatic carboxylic acids is 2. The SMILES string of the molecule is CCOc1cc(CNC2CCN(Cc3ccccc3)C2)ccc1OCC(=O)N(C)C.O=C(O)C(=O)O. The van der Waals surface area contributed by atoms with Gasteiger partial charge < -0.3 is 29.9 Å². The molecular weight excluding hydrogens is 466 g/mol. The minimum Gasteiger partial charge on any atom is -0.490 e. The molecule has 1 unspecified atom stereocenters. The number of hydrogen-bond donors (Lipinski definition) is 3. The maximum absolute atomic E-state index is 11.8. The third-order valence-corrected chi connectivity index (χ3v) is 5.46. The fourth-order valence-corrected chi connectivity index (χ4v) is 3.57. The molecule has 196 valence electrons. The van der Waals surface area contributed by atoms with Crippen LogP contribution in [0.15, 0.2) is 48.5 Å². The van der Waals surface area contributed by atoms with Gasteiger partial charge in [0.25, 0.3) is 5.91 Å². The number of amides is 1. The normalized spacial score (nSPS) is 14.9. The Balaban J connectivity index is 0.000000678. The highest BCUT2D eigenvalue weighted by molar-refractivity contribution is 6.27. The van der Waals surface area contributed by atoms with Gasteiger partial charge in [-0.15, -0.1) is 0 Å². The van der Waals surface area contributed by atoms with Crippen molar-refractivity contribution < 1.29 is 34.1 Å². The van der Waals surface area contributed by atoms with Gasteiger partial charge in [0.1, 0.15) is 0 Å². The van der Waals surface area contributed by atoms with E-state index in [1.165, 1.54) is 10.5 Å². The molecule has 10 nitrogen and oxygen atoms in total. The molecule has 1 fully saturated rings. The van der Waals surface area contributed by atoms with Gasteiger partial charge in [-0.1, -0.05) is 36.4 Å². The molecule has 1 heterocycles. The van der Waals surface area contributed by atoms with Gasteiger partial charge in [0.15, 0.2) is 18.1 Å². The summed E-state index contributed by atoms with van der Waals surface area (Å²) in [5.74, 6) is -2.44. The summed E-state index contributed by atoms with van der Waals surface area (Å²) in [7, 11) is 3.43. The summed E-state index contributed by atoms with van der Waals surface area (Å²) in [6, 6.07) is 17.0. The van der Waals surface area contributed by atoms with Crippen molar-refractivity contribution in [3.8, 4) is 11.5 Å². The number of ether oxygens (including phenoxy) is 2. The molecule has 0 bridgehead atoms. The van der Waals surface area contributed by atoms with Crippen LogP contribution in [0.25, 0.3) is 0 Å². The van der Waals surface area contributed by atoms with E-state index in [4.69, 9.17) is 29.3 Å². The molecular formula is C26H35N3O7. The van der Waals surface area contributed by atoms with E-state index in [1.54, 1.807) is 14.1 Å². The fourth-order valence-electron chi connectivity index (χ4n) is 3.57. The number of carboxylic acids is 2. The maximum atomic E-state index is 11.8. The quantitative estimate of drug-likeness (QED) is 0.419. The second-order valence-corrected chi connectivity index (χ2v) is 8.49. The van der Waals surface area contributed by atoms with E-state index in [9.17, 15) is 4.79 Å². The molecule has 1 aliphatic rings. The Hall–Kier alpha value is -3.63. The Bertz CT molecular complexity index is 986. The van der Waals surface area contributed by atoms with Gasteiger partial charge in [-0.2, -0.15) is 0 Å². The van der Waals surface area contributed by atoms with Crippen molar-refractivity contribution in [3.05, 3.63) is 59.7 Å². The van der Waals surface area contributed by atoms with Crippen LogP contribution in [-0.4, -0.2) is 84.3 Å². The number of carbonyl (C=O) groups is 3. The zero-order chi connectivity index (χ0) is 26.5. The van der Waals surface area contributed by atoms with Gasteiger partial charge in [0, 0.05) is 46.3 Å². The average Bonchev–Trinajstić information content (AvgIpc) is 3.30. The Morgan fingerprint density at radius 2 is 1.69 bits per heavy atom. The maximum Gasteiger partial charge on any atom is 0.414 e. The molecule has 10 heteroatoms. The van der Waals surface area contributed by atoms with E-state index in [0.717, 1.165) is 38.2 Å². The molecule has 3 rings (SSSR count). The van der Waals surface area contributed by atoms with Crippen molar-refractivity contribution in [2.75, 3.05) is 40.4 Å². The van der Waals surface area contributed by atoms with E-state index in [2.05, 4.69) is 40.5 Å². The van der Waals surface area contributed by atoms with Gasteiger partial charge in [-0.3, -0.25) is 9.69 Å². The lowest BCUT2D eigenvalue weighted by molar-refractivity contribution is -0.159. The number of likely N-dealkylation sites (N-methyl/N-ethyl adjacent to an activating group) is 1. The van der Waals surface area contributed by atoms with Crippen molar-refractivity contribution in [2.45, 2.75) is 32.5 Å². The van der Waals surface area contributed by atoms with Gasteiger partial charge in [-0.05, 0) is 36.6 Å². The topological polar surface area (TPSA) is 129 Å². The molecule has 0 spiro atoms. The number of hydrogen-bond acceptors (Lipinski definition) is 7. The van der Waals surface area contributed by atoms with Crippen molar-refractivity contribution in [1.82, 2.24) is 15.1 Å². The lowest BCUT2D eigenvalue weighted by Crippen LogP contribution is -2.32. The highest BCUT2D eigenvalue weighted by Gasteiger charge is 2.22. The number of likely N-dealkylation sites (tertiary alicyclic amines) is 1. The van der Waals surface area contributed by atoms with E-state index >= 15 is 0 Å². The van der Waals surface area contributed by atoms with E-state index < -0.39 is 11.9 Å². The zero-order valence-corrected chi connectivity index (χ0v) is 21.0. The number of benzene rings is 2. The van der Waals surface area contributed by atoms with Gasteiger partial charge in [0.2, 0.25) is 0 Å². The van der Waals surface area contributed by atoms with Crippen molar-refractivity contribution >= 4 is 17.8 Å². The third-order valence-electron chi connectivity index (χ3n) is 5.46. The van der Waals surface area contributed by atoms with Crippen LogP contribution < -0.4 is 14.8 Å². The van der Waals surface area contributed by atoms with Crippen molar-refractivity contribution in [1.29, 1.82) is 0 Å². The molecule has 0 saturated carbocycles. The highest BCUT2D eigenvalue weighted by Crippen LogP contribution is 2.28. The largest absolute Gasteiger partial charge is 0.490 e. The van der Waals surface area contributed by atoms with Crippen LogP contribution in [0.3, 0.4) is 0 Å². The molecule has 0 aromatic heterocycles. The number of nitrogens with one attached hydrogen (secondary N) is 1. The van der Waals surface area contributed by atoms with Crippen molar-refractivity contribution in [2.24, 2.45) is 0 Å². The molecule has 1 saturated heterocycles. The van der Waals surface area contributed by atoms with Gasteiger partial charge in [-0.25, -0.2) is 9.59 Å². The fraction of sp³-hybridized carbons (Fsp3) is 0.423. The minimum atomic E-state index is -1.82. The molecule has 1 aliphatic heterocycles. The Morgan fingerprint density at radius 3 is 2.31 bits per heavy atom. The lowest BCUT2D eigenvalue weighted by Gasteiger charge is -2.18. The van der Waals surface area contributed by atoms with Crippen LogP contribution in [0.2, 0.25) is 0 Å². The van der Waals surface area contributed by atoms with Crippen LogP contribution in [0, 0.1) is 0 Å². The number of carbonyl (C=O) groups excluding carboxylic acids is 1. The summed E-state index contributed by atoms with van der Waals surface area (Å²) >= 11 is 0. The van der Waals surface area contributed by atoms with Crippen molar-refractivity contribution in [3.63, 3.8) is 0 Å². The van der Waals surface area contributed by atoms with Gasteiger partial charge in [0.05, 0.1) is 6.61 Å². The zero-order valence-electron chi connectivity index (χ0n) is 21.0. The predicted octanol–water partition coefficient (Wildman–Crippen LogP) is 2.07. The first-order chi connectivity index (χ1) is 17.2. The van der Waals surface area contributed by atoms with E-state index in [0.29, 0.717) is 24.1 Å². The standard InChI is InChI=1S/C24H33N3O3.C2H2O4/c1-4-29-23-14-20(10-11-22(23)30-18-24(28)26(2)3)15-25-21-12-13-27(17-21)16-19-8-6-5-7-9-19;3-1(4)2(5)6/h5-11,14,21,25H,4,12-13,15-18H2,1-3H3;(H,3,4)(H,5,6). The third kappa shape index (κ3) is 9.93. The molecule has 0 radical (unpaired) electrons. The molecule has 0 aliphatic carbocycles. The minimum absolute atomic E-state index is 0.00396. The summed E-state index contributed by atoms with van der Waals surface area (Å²) in [4.78, 5) is 34.0. The van der Waals surface area contributed by atoms with Crippen LogP contribution >= 0.6 is 0 Å². The first-order valence-electron chi connectivity index (χ1n) is 11.7. The Kier molecular flexibility index (Phi) is 11.7. The summed E-state index contributed by atoms with van der Waals surface area (Å²) in [5.41, 5.74) is 2.51. The molecule has 36 heavy (non-hydrogen) atoms. The van der Waals surface area contributed by atoms with Crippen LogP contribution in [0.5, 0.6) is 11.5 Å². The molecule has 1 atom stereocenters. The summed E-state index contributed by atoms with van der Waals surface area (Å²) in [5, 5.41) is 18.5. The molecule has 3 N–H and O–H groups in total. The second kappa shape index (κ2) is 14.7. The number of nitrogens with zero attached hydrogens (tertiary/aromatic N) is 2. The van der Waals surface area contributed by atoms with Crippen LogP contribution in [0.1, 0.15) is 24.5 Å². The summed E-state index contributed by atoms with van der Waals surface area (Å²) in [6.07, 6.45) is 1.15.